The molecule has 1 rings (SSSR count). The third kappa shape index (κ3) is 3.83. The van der Waals surface area contributed by atoms with E-state index in [0.717, 1.165) is 11.4 Å². The van der Waals surface area contributed by atoms with Crippen LogP contribution in [-0.2, 0) is 9.47 Å². The Bertz CT molecular complexity index is 343. The zero-order valence-electron chi connectivity index (χ0n) is 10.7. The smallest absolute Gasteiger partial charge is 0.221 e. The van der Waals surface area contributed by atoms with Crippen molar-refractivity contribution in [3.8, 4) is 5.88 Å². The molecule has 1 aromatic heterocycles. The summed E-state index contributed by atoms with van der Waals surface area (Å²) in [6, 6.07) is 0. The molecule has 0 aliphatic heterocycles. The third-order valence-corrected chi connectivity index (χ3v) is 2.28. The Morgan fingerprint density at radius 1 is 1.29 bits per heavy atom. The summed E-state index contributed by atoms with van der Waals surface area (Å²) in [7, 11) is 3.18. The molecule has 0 saturated carbocycles. The zero-order chi connectivity index (χ0) is 12.7. The number of rotatable bonds is 7. The number of hydrogen-bond acceptors (Lipinski definition) is 6. The van der Waals surface area contributed by atoms with Gasteiger partial charge in [-0.3, -0.25) is 0 Å². The zero-order valence-corrected chi connectivity index (χ0v) is 10.7. The molecule has 0 aliphatic carbocycles. The van der Waals surface area contributed by atoms with E-state index in [9.17, 15) is 0 Å². The summed E-state index contributed by atoms with van der Waals surface area (Å²) >= 11 is 0. The predicted octanol–water partition coefficient (Wildman–Crippen LogP) is 1.21. The molecule has 96 valence electrons. The molecule has 0 bridgehead atoms. The summed E-state index contributed by atoms with van der Waals surface area (Å²) < 4.78 is 15.5. The maximum absolute atomic E-state index is 5.38. The van der Waals surface area contributed by atoms with E-state index in [-0.39, 0.29) is 6.29 Å². The van der Waals surface area contributed by atoms with Gasteiger partial charge in [0.1, 0.15) is 12.1 Å². The maximum atomic E-state index is 5.38. The van der Waals surface area contributed by atoms with Crippen LogP contribution in [0.3, 0.4) is 0 Å². The summed E-state index contributed by atoms with van der Waals surface area (Å²) in [6.45, 7) is 4.91. The summed E-state index contributed by atoms with van der Waals surface area (Å²) in [6.07, 6.45) is 1.16. The van der Waals surface area contributed by atoms with Crippen molar-refractivity contribution in [3.05, 3.63) is 11.9 Å². The van der Waals surface area contributed by atoms with Crippen molar-refractivity contribution in [3.63, 3.8) is 0 Å². The van der Waals surface area contributed by atoms with Crippen LogP contribution in [0.15, 0.2) is 6.33 Å². The van der Waals surface area contributed by atoms with Gasteiger partial charge in [-0.2, -0.15) is 0 Å². The number of aromatic nitrogens is 2. The van der Waals surface area contributed by atoms with Gasteiger partial charge in [0, 0.05) is 14.2 Å². The topological polar surface area (TPSA) is 65.5 Å². The largest absolute Gasteiger partial charge is 0.478 e. The lowest BCUT2D eigenvalue weighted by atomic mass is 10.3. The third-order valence-electron chi connectivity index (χ3n) is 2.28. The van der Waals surface area contributed by atoms with Crippen molar-refractivity contribution in [2.24, 2.45) is 0 Å². The lowest BCUT2D eigenvalue weighted by Gasteiger charge is -2.16. The number of hydrogen-bond donors (Lipinski definition) is 1. The van der Waals surface area contributed by atoms with Gasteiger partial charge in [0.05, 0.1) is 18.7 Å². The summed E-state index contributed by atoms with van der Waals surface area (Å²) in [5.74, 6) is 1.32. The molecule has 1 N–H and O–H groups in total. The molecule has 17 heavy (non-hydrogen) atoms. The van der Waals surface area contributed by atoms with Crippen molar-refractivity contribution in [1.29, 1.82) is 0 Å². The lowest BCUT2D eigenvalue weighted by molar-refractivity contribution is -0.0914. The van der Waals surface area contributed by atoms with Gasteiger partial charge >= 0.3 is 0 Å². The first kappa shape index (κ1) is 13.7. The van der Waals surface area contributed by atoms with E-state index >= 15 is 0 Å². The second-order valence-corrected chi connectivity index (χ2v) is 3.37. The second kappa shape index (κ2) is 7.03. The Morgan fingerprint density at radius 3 is 2.59 bits per heavy atom. The van der Waals surface area contributed by atoms with Gasteiger partial charge in [0.15, 0.2) is 6.29 Å². The van der Waals surface area contributed by atoms with Gasteiger partial charge in [-0.05, 0) is 13.8 Å². The van der Waals surface area contributed by atoms with Crippen LogP contribution in [-0.4, -0.2) is 43.6 Å². The Kier molecular flexibility index (Phi) is 5.65. The van der Waals surface area contributed by atoms with E-state index in [1.807, 2.05) is 13.8 Å². The SMILES string of the molecule is CCOc1ncnc(NCC(OC)OC)c1C. The van der Waals surface area contributed by atoms with E-state index in [1.54, 1.807) is 14.2 Å². The van der Waals surface area contributed by atoms with Crippen LogP contribution >= 0.6 is 0 Å². The molecule has 1 heterocycles. The Morgan fingerprint density at radius 2 is 2.00 bits per heavy atom. The van der Waals surface area contributed by atoms with E-state index < -0.39 is 0 Å². The first-order valence-electron chi connectivity index (χ1n) is 5.46. The predicted molar refractivity (Wildman–Crippen MR) is 64.2 cm³/mol. The fraction of sp³-hybridized carbons (Fsp3) is 0.636. The van der Waals surface area contributed by atoms with E-state index in [2.05, 4.69) is 15.3 Å². The molecule has 0 saturated heterocycles. The van der Waals surface area contributed by atoms with Gasteiger partial charge in [-0.1, -0.05) is 0 Å². The van der Waals surface area contributed by atoms with Crippen LogP contribution in [0.5, 0.6) is 5.88 Å². The van der Waals surface area contributed by atoms with E-state index in [1.165, 1.54) is 6.33 Å². The summed E-state index contributed by atoms with van der Waals surface area (Å²) in [5.41, 5.74) is 0.875. The van der Waals surface area contributed by atoms with Gasteiger partial charge in [0.2, 0.25) is 5.88 Å². The fourth-order valence-corrected chi connectivity index (χ4v) is 1.34. The monoisotopic (exact) mass is 241 g/mol. The van der Waals surface area contributed by atoms with Gasteiger partial charge in [0.25, 0.3) is 0 Å². The quantitative estimate of drug-likeness (QED) is 0.724. The molecule has 1 aromatic rings. The van der Waals surface area contributed by atoms with Crippen LogP contribution in [0, 0.1) is 6.92 Å². The Balaban J connectivity index is 2.67. The van der Waals surface area contributed by atoms with E-state index in [0.29, 0.717) is 19.0 Å². The lowest BCUT2D eigenvalue weighted by Crippen LogP contribution is -2.24. The molecule has 0 amide bonds. The molecule has 0 aromatic carbocycles. The number of nitrogens with zero attached hydrogens (tertiary/aromatic N) is 2. The van der Waals surface area contributed by atoms with Crippen LogP contribution in [0.1, 0.15) is 12.5 Å². The Labute approximate surface area is 101 Å². The Hall–Kier alpha value is -1.40. The molecule has 6 heteroatoms. The molecule has 0 aliphatic rings. The molecular weight excluding hydrogens is 222 g/mol. The normalized spacial score (nSPS) is 10.6. The average Bonchev–Trinajstić information content (AvgIpc) is 2.35. The van der Waals surface area contributed by atoms with Crippen molar-refractivity contribution < 1.29 is 14.2 Å². The highest BCUT2D eigenvalue weighted by Gasteiger charge is 2.10. The molecule has 0 fully saturated rings. The number of nitrogens with one attached hydrogen (secondary N) is 1. The molecular formula is C11H19N3O3. The summed E-state index contributed by atoms with van der Waals surface area (Å²) in [4.78, 5) is 8.21. The highest BCUT2D eigenvalue weighted by Crippen LogP contribution is 2.20. The molecule has 6 nitrogen and oxygen atoms in total. The second-order valence-electron chi connectivity index (χ2n) is 3.37. The molecule has 0 spiro atoms. The highest BCUT2D eigenvalue weighted by molar-refractivity contribution is 5.47. The number of ether oxygens (including phenoxy) is 3. The van der Waals surface area contributed by atoms with Crippen LogP contribution in [0.4, 0.5) is 5.82 Å². The fourth-order valence-electron chi connectivity index (χ4n) is 1.34. The minimum Gasteiger partial charge on any atom is -0.478 e. The first-order chi connectivity index (χ1) is 8.22. The molecule has 0 atom stereocenters. The van der Waals surface area contributed by atoms with Crippen molar-refractivity contribution in [2.45, 2.75) is 20.1 Å². The van der Waals surface area contributed by atoms with Crippen molar-refractivity contribution in [1.82, 2.24) is 9.97 Å². The van der Waals surface area contributed by atoms with Gasteiger partial charge < -0.3 is 19.5 Å². The van der Waals surface area contributed by atoms with E-state index in [4.69, 9.17) is 14.2 Å². The van der Waals surface area contributed by atoms with Gasteiger partial charge in [-0.25, -0.2) is 9.97 Å². The summed E-state index contributed by atoms with van der Waals surface area (Å²) in [5, 5.41) is 3.13. The van der Waals surface area contributed by atoms with Gasteiger partial charge in [-0.15, -0.1) is 0 Å². The average molecular weight is 241 g/mol. The molecule has 0 radical (unpaired) electrons. The standard InChI is InChI=1S/C11H19N3O3/c1-5-17-11-8(2)10(13-7-14-11)12-6-9(15-3)16-4/h7,9H,5-6H2,1-4H3,(H,12,13,14). The minimum atomic E-state index is -0.306. The first-order valence-corrected chi connectivity index (χ1v) is 5.46. The number of methoxy groups -OCH3 is 2. The van der Waals surface area contributed by atoms with Crippen molar-refractivity contribution >= 4 is 5.82 Å². The molecule has 0 unspecified atom stereocenters. The highest BCUT2D eigenvalue weighted by atomic mass is 16.7. The maximum Gasteiger partial charge on any atom is 0.221 e. The van der Waals surface area contributed by atoms with Crippen molar-refractivity contribution in [2.75, 3.05) is 32.7 Å². The number of anilines is 1. The van der Waals surface area contributed by atoms with Crippen LogP contribution in [0.2, 0.25) is 0 Å². The van der Waals surface area contributed by atoms with Crippen LogP contribution < -0.4 is 10.1 Å². The minimum absolute atomic E-state index is 0.306. The van der Waals surface area contributed by atoms with Crippen LogP contribution in [0.25, 0.3) is 0 Å².